The molecule has 1 fully saturated rings. The van der Waals surface area contributed by atoms with Crippen LogP contribution in [-0.4, -0.2) is 29.8 Å². The lowest BCUT2D eigenvalue weighted by Crippen LogP contribution is -2.30. The molecule has 1 aliphatic heterocycles. The van der Waals surface area contributed by atoms with Crippen molar-refractivity contribution in [3.63, 3.8) is 0 Å². The highest BCUT2D eigenvalue weighted by molar-refractivity contribution is 5.97. The second-order valence-corrected chi connectivity index (χ2v) is 6.17. The molecule has 1 heterocycles. The summed E-state index contributed by atoms with van der Waals surface area (Å²) in [6.07, 6.45) is 0.286. The number of hydrogen-bond donors (Lipinski definition) is 1. The van der Waals surface area contributed by atoms with Gasteiger partial charge in [-0.3, -0.25) is 9.59 Å². The second-order valence-electron chi connectivity index (χ2n) is 6.17. The van der Waals surface area contributed by atoms with Gasteiger partial charge in [-0.2, -0.15) is 0 Å². The Kier molecular flexibility index (Phi) is 5.25. The van der Waals surface area contributed by atoms with Gasteiger partial charge in [0.25, 0.3) is 0 Å². The second kappa shape index (κ2) is 7.59. The van der Waals surface area contributed by atoms with Crippen molar-refractivity contribution < 1.29 is 22.8 Å². The first-order valence-corrected chi connectivity index (χ1v) is 8.21. The summed E-state index contributed by atoms with van der Waals surface area (Å²) in [6, 6.07) is 9.56. The lowest BCUT2D eigenvalue weighted by atomic mass is 10.1. The molecular weight excluding hydrogens is 345 g/mol. The van der Waals surface area contributed by atoms with E-state index in [0.29, 0.717) is 12.0 Å². The molecular formula is C19H17F3N2O2. The minimum absolute atomic E-state index is 0.0425. The lowest BCUT2D eigenvalue weighted by Gasteiger charge is -2.17. The fourth-order valence-electron chi connectivity index (χ4n) is 2.96. The largest absolute Gasteiger partial charge is 0.342 e. The van der Waals surface area contributed by atoms with Crippen LogP contribution in [-0.2, 0) is 16.0 Å². The maximum Gasteiger partial charge on any atom is 0.229 e. The van der Waals surface area contributed by atoms with E-state index in [1.165, 1.54) is 17.0 Å². The Labute approximate surface area is 148 Å². The number of hydrogen-bond acceptors (Lipinski definition) is 2. The fraction of sp³-hybridized carbons (Fsp3) is 0.263. The smallest absolute Gasteiger partial charge is 0.229 e. The molecule has 1 atom stereocenters. The number of carbonyl (C=O) groups excluding carboxylic acids is 2. The maximum absolute atomic E-state index is 13.6. The summed E-state index contributed by atoms with van der Waals surface area (Å²) in [5.41, 5.74) is -0.0311. The molecule has 0 aliphatic carbocycles. The minimum atomic E-state index is -0.876. The molecule has 1 aliphatic rings. The molecule has 0 aromatic heterocycles. The summed E-state index contributed by atoms with van der Waals surface area (Å²) in [7, 11) is 0. The first-order chi connectivity index (χ1) is 12.5. The zero-order valence-electron chi connectivity index (χ0n) is 13.8. The molecule has 2 aromatic carbocycles. The third-order valence-corrected chi connectivity index (χ3v) is 4.41. The van der Waals surface area contributed by atoms with E-state index >= 15 is 0 Å². The predicted octanol–water partition coefficient (Wildman–Crippen LogP) is 3.13. The highest BCUT2D eigenvalue weighted by Crippen LogP contribution is 2.23. The molecule has 136 valence electrons. The average molecular weight is 362 g/mol. The Morgan fingerprint density at radius 2 is 1.69 bits per heavy atom. The molecule has 4 nitrogen and oxygen atoms in total. The van der Waals surface area contributed by atoms with Crippen LogP contribution in [0.2, 0.25) is 0 Å². The molecule has 3 rings (SSSR count). The van der Waals surface area contributed by atoms with Crippen molar-refractivity contribution in [1.29, 1.82) is 0 Å². The van der Waals surface area contributed by atoms with Crippen LogP contribution in [0.25, 0.3) is 0 Å². The first-order valence-electron chi connectivity index (χ1n) is 8.21. The number of amides is 2. The molecule has 0 radical (unpaired) electrons. The quantitative estimate of drug-likeness (QED) is 0.888. The van der Waals surface area contributed by atoms with Crippen LogP contribution in [0.3, 0.4) is 0 Å². The van der Waals surface area contributed by atoms with Crippen molar-refractivity contribution in [3.05, 3.63) is 65.5 Å². The Morgan fingerprint density at radius 3 is 2.38 bits per heavy atom. The van der Waals surface area contributed by atoms with E-state index in [-0.39, 0.29) is 31.2 Å². The van der Waals surface area contributed by atoms with Gasteiger partial charge in [-0.15, -0.1) is 0 Å². The molecule has 7 heteroatoms. The van der Waals surface area contributed by atoms with Gasteiger partial charge in [-0.1, -0.05) is 24.3 Å². The molecule has 26 heavy (non-hydrogen) atoms. The van der Waals surface area contributed by atoms with Crippen LogP contribution in [0.1, 0.15) is 12.0 Å². The van der Waals surface area contributed by atoms with E-state index in [2.05, 4.69) is 5.32 Å². The fourth-order valence-corrected chi connectivity index (χ4v) is 2.96. The van der Waals surface area contributed by atoms with Crippen molar-refractivity contribution in [2.24, 2.45) is 5.92 Å². The average Bonchev–Trinajstić information content (AvgIpc) is 2.98. The Morgan fingerprint density at radius 1 is 1.04 bits per heavy atom. The summed E-state index contributed by atoms with van der Waals surface area (Å²) in [4.78, 5) is 25.8. The van der Waals surface area contributed by atoms with E-state index in [9.17, 15) is 22.8 Å². The monoisotopic (exact) mass is 362 g/mol. The van der Waals surface area contributed by atoms with Crippen molar-refractivity contribution in [1.82, 2.24) is 4.90 Å². The zero-order valence-corrected chi connectivity index (χ0v) is 13.8. The number of carbonyl (C=O) groups is 2. The molecule has 2 amide bonds. The van der Waals surface area contributed by atoms with Gasteiger partial charge in [0, 0.05) is 19.5 Å². The van der Waals surface area contributed by atoms with Crippen molar-refractivity contribution >= 4 is 17.5 Å². The number of anilines is 1. The molecule has 1 unspecified atom stereocenters. The number of para-hydroxylation sites is 1. The number of rotatable bonds is 5. The van der Waals surface area contributed by atoms with Gasteiger partial charge in [-0.05, 0) is 30.2 Å². The Hall–Kier alpha value is -2.83. The number of benzene rings is 2. The number of likely N-dealkylation sites (tertiary alicyclic amines) is 1. The van der Waals surface area contributed by atoms with E-state index in [0.717, 1.165) is 12.1 Å². The third kappa shape index (κ3) is 3.87. The standard InChI is InChI=1S/C19H17F3N2O2/c20-14-5-2-1-4-12(14)8-9-24-11-13(10-17(24)25)19(26)23-18-15(21)6-3-7-16(18)22/h1-7,13H,8-11H2,(H,23,26). The van der Waals surface area contributed by atoms with Crippen LogP contribution >= 0.6 is 0 Å². The van der Waals surface area contributed by atoms with Gasteiger partial charge in [0.2, 0.25) is 11.8 Å². The first kappa shape index (κ1) is 18.0. The van der Waals surface area contributed by atoms with E-state index < -0.39 is 29.1 Å². The van der Waals surface area contributed by atoms with Crippen molar-refractivity contribution in [3.8, 4) is 0 Å². The van der Waals surface area contributed by atoms with Crippen LogP contribution in [0.15, 0.2) is 42.5 Å². The molecule has 1 N–H and O–H groups in total. The SMILES string of the molecule is O=C(Nc1c(F)cccc1F)C1CC(=O)N(CCc2ccccc2F)C1. The highest BCUT2D eigenvalue weighted by Gasteiger charge is 2.34. The summed E-state index contributed by atoms with van der Waals surface area (Å²) in [5, 5.41) is 2.22. The summed E-state index contributed by atoms with van der Waals surface area (Å²) in [5.74, 6) is -3.66. The van der Waals surface area contributed by atoms with E-state index in [1.807, 2.05) is 0 Å². The molecule has 1 saturated heterocycles. The number of halogens is 3. The van der Waals surface area contributed by atoms with Gasteiger partial charge in [-0.25, -0.2) is 13.2 Å². The van der Waals surface area contributed by atoms with Gasteiger partial charge in [0.1, 0.15) is 23.1 Å². The van der Waals surface area contributed by atoms with Gasteiger partial charge in [0.15, 0.2) is 0 Å². The van der Waals surface area contributed by atoms with Crippen molar-refractivity contribution in [2.75, 3.05) is 18.4 Å². The molecule has 0 bridgehead atoms. The third-order valence-electron chi connectivity index (χ3n) is 4.41. The van der Waals surface area contributed by atoms with E-state index in [4.69, 9.17) is 0 Å². The molecule has 0 saturated carbocycles. The van der Waals surface area contributed by atoms with Crippen LogP contribution in [0, 0.1) is 23.4 Å². The topological polar surface area (TPSA) is 49.4 Å². The maximum atomic E-state index is 13.6. The van der Waals surface area contributed by atoms with Gasteiger partial charge < -0.3 is 10.2 Å². The van der Waals surface area contributed by atoms with Crippen LogP contribution < -0.4 is 5.32 Å². The number of nitrogens with zero attached hydrogens (tertiary/aromatic N) is 1. The van der Waals surface area contributed by atoms with Crippen LogP contribution in [0.4, 0.5) is 18.9 Å². The van der Waals surface area contributed by atoms with Gasteiger partial charge in [0.05, 0.1) is 5.92 Å². The Balaban J connectivity index is 1.60. The molecule has 0 spiro atoms. The predicted molar refractivity (Wildman–Crippen MR) is 89.8 cm³/mol. The zero-order chi connectivity index (χ0) is 18.7. The molecule has 2 aromatic rings. The lowest BCUT2D eigenvalue weighted by molar-refractivity contribution is -0.128. The van der Waals surface area contributed by atoms with E-state index in [1.54, 1.807) is 18.2 Å². The van der Waals surface area contributed by atoms with Crippen molar-refractivity contribution in [2.45, 2.75) is 12.8 Å². The normalized spacial score (nSPS) is 16.8. The number of nitrogens with one attached hydrogen (secondary N) is 1. The van der Waals surface area contributed by atoms with Gasteiger partial charge >= 0.3 is 0 Å². The summed E-state index contributed by atoms with van der Waals surface area (Å²) < 4.78 is 40.9. The minimum Gasteiger partial charge on any atom is -0.342 e. The summed E-state index contributed by atoms with van der Waals surface area (Å²) in [6.45, 7) is 0.410. The summed E-state index contributed by atoms with van der Waals surface area (Å²) >= 11 is 0. The van der Waals surface area contributed by atoms with Crippen LogP contribution in [0.5, 0.6) is 0 Å². The Bertz CT molecular complexity index is 821. The highest BCUT2D eigenvalue weighted by atomic mass is 19.1.